The number of rotatable bonds is 2. The van der Waals surface area contributed by atoms with Crippen molar-refractivity contribution in [2.45, 2.75) is 48.0 Å². The number of aromatic nitrogens is 1. The lowest BCUT2D eigenvalue weighted by Crippen LogP contribution is -2.32. The molecule has 1 aromatic rings. The molecule has 4 unspecified atom stereocenters. The smallest absolute Gasteiger partial charge is 0.201 e. The maximum Gasteiger partial charge on any atom is 0.201 e. The minimum absolute atomic E-state index is 0.556. The highest BCUT2D eigenvalue weighted by Gasteiger charge is 2.65. The van der Waals surface area contributed by atoms with Crippen molar-refractivity contribution in [3.63, 3.8) is 0 Å². The first-order valence-corrected chi connectivity index (χ1v) is 13.7. The number of nitrogens with zero attached hydrogens (tertiary/aromatic N) is 3. The molecule has 172 valence electrons. The van der Waals surface area contributed by atoms with E-state index < -0.39 is 0 Å². The van der Waals surface area contributed by atoms with Crippen molar-refractivity contribution in [3.8, 4) is 10.6 Å². The van der Waals surface area contributed by atoms with Crippen LogP contribution in [0.1, 0.15) is 45.7 Å². The van der Waals surface area contributed by atoms with E-state index in [0.29, 0.717) is 10.8 Å². The van der Waals surface area contributed by atoms with Gasteiger partial charge in [0.05, 0.1) is 20.8 Å². The van der Waals surface area contributed by atoms with E-state index in [2.05, 4.69) is 75.3 Å². The number of fused-ring (bicyclic) bond motifs is 4. The van der Waals surface area contributed by atoms with E-state index in [-0.39, 0.29) is 0 Å². The van der Waals surface area contributed by atoms with Gasteiger partial charge in [0.1, 0.15) is 13.1 Å². The zero-order chi connectivity index (χ0) is 22.9. The Kier molecular flexibility index (Phi) is 3.95. The molecule has 1 aromatic carbocycles. The number of anilines is 1. The van der Waals surface area contributed by atoms with Crippen molar-refractivity contribution in [2.24, 2.45) is 34.5 Å². The quantitative estimate of drug-likeness (QED) is 0.377. The molecule has 3 nitrogen and oxygen atoms in total. The van der Waals surface area contributed by atoms with Gasteiger partial charge in [-0.3, -0.25) is 0 Å². The van der Waals surface area contributed by atoms with Gasteiger partial charge >= 0.3 is 0 Å². The van der Waals surface area contributed by atoms with Crippen LogP contribution in [0.2, 0.25) is 0 Å². The van der Waals surface area contributed by atoms with Gasteiger partial charge in [0, 0.05) is 42.7 Å². The second-order valence-corrected chi connectivity index (χ2v) is 13.6. The first-order chi connectivity index (χ1) is 15.7. The summed E-state index contributed by atoms with van der Waals surface area (Å²) in [7, 11) is 0. The van der Waals surface area contributed by atoms with E-state index in [4.69, 9.17) is 4.98 Å². The van der Waals surface area contributed by atoms with Crippen LogP contribution in [-0.2, 0) is 6.42 Å². The fourth-order valence-electron chi connectivity index (χ4n) is 7.35. The van der Waals surface area contributed by atoms with Gasteiger partial charge in [0.2, 0.25) is 5.36 Å². The van der Waals surface area contributed by atoms with Crippen molar-refractivity contribution < 1.29 is 0 Å². The summed E-state index contributed by atoms with van der Waals surface area (Å²) in [6.07, 6.45) is 1.03. The minimum atomic E-state index is 0.556. The molecule has 3 heterocycles. The Bertz CT molecular complexity index is 1330. The second kappa shape index (κ2) is 6.38. The van der Waals surface area contributed by atoms with Crippen LogP contribution in [0.5, 0.6) is 0 Å². The lowest BCUT2D eigenvalue weighted by molar-refractivity contribution is 0.439. The van der Waals surface area contributed by atoms with E-state index in [0.717, 1.165) is 30.1 Å². The monoisotopic (exact) mass is 458 g/mol. The molecule has 0 bridgehead atoms. The molecule has 3 aliphatic carbocycles. The molecule has 4 atom stereocenters. The topological polar surface area (TPSA) is 19.1 Å². The summed E-state index contributed by atoms with van der Waals surface area (Å²) < 4.78 is 3.97. The fourth-order valence-corrected chi connectivity index (χ4v) is 8.53. The third kappa shape index (κ3) is 2.79. The molecule has 0 N–H and O–H groups in total. The van der Waals surface area contributed by atoms with Gasteiger partial charge in [-0.1, -0.05) is 34.6 Å². The Hall–Kier alpha value is -1.94. The molecular formula is C29H36N3S+. The summed E-state index contributed by atoms with van der Waals surface area (Å²) in [6, 6.07) is 9.65. The maximum absolute atomic E-state index is 5.25. The standard InChI is InChI=1S/C29H36N3S/c1-7-17-9-19(32-14-22-23(15-32)29(22,5)6)11-25-27(17)30-26-16(2)8-18(10-24(26)33-25)31-12-20-21(13-31)28(20,3)4/h8-11,20-23H,7,12-15H2,1-6H3/q+1. The van der Waals surface area contributed by atoms with Gasteiger partial charge in [-0.05, 0) is 59.3 Å². The van der Waals surface area contributed by atoms with Gasteiger partial charge in [-0.25, -0.2) is 9.56 Å². The predicted molar refractivity (Wildman–Crippen MR) is 139 cm³/mol. The van der Waals surface area contributed by atoms with Crippen LogP contribution in [-0.4, -0.2) is 31.2 Å². The van der Waals surface area contributed by atoms with E-state index in [1.807, 2.05) is 11.3 Å². The second-order valence-electron chi connectivity index (χ2n) is 12.5. The van der Waals surface area contributed by atoms with Crippen LogP contribution >= 0.6 is 11.3 Å². The molecule has 0 amide bonds. The van der Waals surface area contributed by atoms with E-state index >= 15 is 0 Å². The zero-order valence-electron chi connectivity index (χ0n) is 20.9. The molecule has 4 heteroatoms. The Morgan fingerprint density at radius 3 is 2.30 bits per heavy atom. The third-order valence-corrected chi connectivity index (χ3v) is 11.3. The summed E-state index contributed by atoms with van der Waals surface area (Å²) in [5, 5.41) is 1.41. The van der Waals surface area contributed by atoms with Gasteiger partial charge in [-0.15, -0.1) is 11.3 Å². The van der Waals surface area contributed by atoms with Crippen molar-refractivity contribution in [3.05, 3.63) is 40.7 Å². The SMILES string of the molecule is CCc1cc(=[N+]2CC3C(C2)C3(C)C)cc2sc3cc(N4CC5C(C4)C5(C)C)cc(C)c3nc1-2. The number of aryl methyl sites for hydroxylation is 2. The van der Waals surface area contributed by atoms with Crippen LogP contribution < -0.4 is 14.8 Å². The van der Waals surface area contributed by atoms with E-state index in [1.165, 1.54) is 69.1 Å². The number of piperidine rings is 2. The Balaban J connectivity index is 1.32. The normalized spacial score (nSPS) is 30.7. The molecule has 0 radical (unpaired) electrons. The van der Waals surface area contributed by atoms with Crippen molar-refractivity contribution in [2.75, 3.05) is 31.1 Å². The largest absolute Gasteiger partial charge is 0.371 e. The molecule has 2 saturated heterocycles. The first-order valence-electron chi connectivity index (χ1n) is 12.9. The summed E-state index contributed by atoms with van der Waals surface area (Å²) in [5.41, 5.74) is 7.62. The number of hydrogen-bond acceptors (Lipinski definition) is 3. The van der Waals surface area contributed by atoms with E-state index in [9.17, 15) is 0 Å². The lowest BCUT2D eigenvalue weighted by atomic mass is 10.0. The predicted octanol–water partition coefficient (Wildman–Crippen LogP) is 5.42. The molecular weight excluding hydrogens is 422 g/mol. The molecule has 0 aromatic heterocycles. The average Bonchev–Trinajstić information content (AvgIpc) is 3.30. The lowest BCUT2D eigenvalue weighted by Gasteiger charge is -2.25. The van der Waals surface area contributed by atoms with Crippen LogP contribution in [0.4, 0.5) is 5.69 Å². The Labute approximate surface area is 201 Å². The van der Waals surface area contributed by atoms with Crippen LogP contribution in [0.15, 0.2) is 24.3 Å². The van der Waals surface area contributed by atoms with Crippen LogP contribution in [0.25, 0.3) is 20.8 Å². The van der Waals surface area contributed by atoms with Crippen LogP contribution in [0, 0.1) is 41.4 Å². The van der Waals surface area contributed by atoms with Gasteiger partial charge in [0.25, 0.3) is 0 Å². The maximum atomic E-state index is 5.25. The molecule has 6 aliphatic rings. The molecule has 2 saturated carbocycles. The molecule has 33 heavy (non-hydrogen) atoms. The third-order valence-electron chi connectivity index (χ3n) is 10.2. The summed E-state index contributed by atoms with van der Waals surface area (Å²) >= 11 is 1.95. The highest BCUT2D eigenvalue weighted by atomic mass is 32.1. The van der Waals surface area contributed by atoms with Gasteiger partial charge in [0.15, 0.2) is 0 Å². The number of benzene rings is 2. The summed E-state index contributed by atoms with van der Waals surface area (Å²) in [4.78, 5) is 9.22. The summed E-state index contributed by atoms with van der Waals surface area (Å²) in [5.74, 6) is 3.49. The molecule has 7 rings (SSSR count). The molecule has 3 aliphatic heterocycles. The van der Waals surface area contributed by atoms with E-state index in [1.54, 1.807) is 0 Å². The number of hydrogen-bond donors (Lipinski definition) is 0. The highest BCUT2D eigenvalue weighted by Crippen LogP contribution is 2.62. The fraction of sp³-hybridized carbons (Fsp3) is 0.586. The average molecular weight is 459 g/mol. The molecule has 0 spiro atoms. The van der Waals surface area contributed by atoms with Crippen molar-refractivity contribution in [1.29, 1.82) is 0 Å². The van der Waals surface area contributed by atoms with Gasteiger partial charge in [-0.2, -0.15) is 0 Å². The van der Waals surface area contributed by atoms with Gasteiger partial charge < -0.3 is 4.90 Å². The van der Waals surface area contributed by atoms with Crippen LogP contribution in [0.3, 0.4) is 0 Å². The zero-order valence-corrected chi connectivity index (χ0v) is 21.7. The minimum Gasteiger partial charge on any atom is -0.371 e. The first kappa shape index (κ1) is 20.4. The van der Waals surface area contributed by atoms with Crippen molar-refractivity contribution in [1.82, 2.24) is 9.56 Å². The summed E-state index contributed by atoms with van der Waals surface area (Å²) in [6.45, 7) is 19.2. The Morgan fingerprint density at radius 1 is 0.970 bits per heavy atom. The highest BCUT2D eigenvalue weighted by molar-refractivity contribution is 7.21. The van der Waals surface area contributed by atoms with Crippen molar-refractivity contribution >= 4 is 27.2 Å². The molecule has 4 fully saturated rings. The Morgan fingerprint density at radius 2 is 1.64 bits per heavy atom.